The summed E-state index contributed by atoms with van der Waals surface area (Å²) in [6, 6.07) is 4.90. The number of carboxylic acid groups (broad SMARTS) is 1. The number of carboxylic acids is 1. The van der Waals surface area contributed by atoms with Gasteiger partial charge in [0, 0.05) is 13.2 Å². The predicted molar refractivity (Wildman–Crippen MR) is 72.0 cm³/mol. The molecular formula is C13H20N2O3. The zero-order chi connectivity index (χ0) is 13.8. The lowest BCUT2D eigenvalue weighted by molar-refractivity contribution is 0.000708. The average Bonchev–Trinajstić information content (AvgIpc) is 2.27. The molecule has 1 aromatic carbocycles. The van der Waals surface area contributed by atoms with Crippen molar-refractivity contribution in [1.29, 1.82) is 0 Å². The van der Waals surface area contributed by atoms with Crippen molar-refractivity contribution < 1.29 is 14.6 Å². The van der Waals surface area contributed by atoms with Crippen LogP contribution in [-0.4, -0.2) is 29.8 Å². The van der Waals surface area contributed by atoms with E-state index in [0.717, 1.165) is 0 Å². The minimum absolute atomic E-state index is 0.106. The summed E-state index contributed by atoms with van der Waals surface area (Å²) in [5, 5.41) is 12.1. The van der Waals surface area contributed by atoms with E-state index in [1.165, 1.54) is 6.07 Å². The molecule has 0 saturated carbocycles. The Balaban J connectivity index is 2.80. The monoisotopic (exact) mass is 252 g/mol. The topological polar surface area (TPSA) is 84.6 Å². The van der Waals surface area contributed by atoms with Gasteiger partial charge < -0.3 is 20.9 Å². The van der Waals surface area contributed by atoms with Crippen LogP contribution in [0.1, 0.15) is 31.1 Å². The van der Waals surface area contributed by atoms with E-state index < -0.39 is 5.97 Å². The standard InChI is InChI=1S/C13H20N2O3/c1-4-18-13(2,3)8-15-10-7-5-6-9(11(10)14)12(16)17/h5-7,15H,4,8,14H2,1-3H3,(H,16,17). The lowest BCUT2D eigenvalue weighted by Crippen LogP contribution is -2.33. The first-order valence-corrected chi connectivity index (χ1v) is 5.87. The Morgan fingerprint density at radius 3 is 2.72 bits per heavy atom. The molecule has 0 spiro atoms. The van der Waals surface area contributed by atoms with Crippen LogP contribution < -0.4 is 11.1 Å². The summed E-state index contributed by atoms with van der Waals surface area (Å²) in [7, 11) is 0. The molecule has 0 aliphatic heterocycles. The lowest BCUT2D eigenvalue weighted by Gasteiger charge is -2.26. The van der Waals surface area contributed by atoms with Crippen molar-refractivity contribution in [3.05, 3.63) is 23.8 Å². The van der Waals surface area contributed by atoms with Gasteiger partial charge in [0.2, 0.25) is 0 Å². The molecule has 0 amide bonds. The van der Waals surface area contributed by atoms with Gasteiger partial charge in [0.15, 0.2) is 0 Å². The van der Waals surface area contributed by atoms with Crippen LogP contribution in [-0.2, 0) is 4.74 Å². The van der Waals surface area contributed by atoms with Crippen LogP contribution >= 0.6 is 0 Å². The molecule has 4 N–H and O–H groups in total. The van der Waals surface area contributed by atoms with Crippen LogP contribution in [0.5, 0.6) is 0 Å². The van der Waals surface area contributed by atoms with Gasteiger partial charge in [0.1, 0.15) is 0 Å². The molecule has 0 saturated heterocycles. The van der Waals surface area contributed by atoms with Gasteiger partial charge in [-0.05, 0) is 32.9 Å². The third-order valence-electron chi connectivity index (χ3n) is 2.58. The second-order valence-electron chi connectivity index (χ2n) is 4.62. The Bertz CT molecular complexity index is 430. The minimum atomic E-state index is -1.03. The van der Waals surface area contributed by atoms with E-state index in [1.54, 1.807) is 12.1 Å². The second-order valence-corrected chi connectivity index (χ2v) is 4.62. The van der Waals surface area contributed by atoms with Gasteiger partial charge in [-0.15, -0.1) is 0 Å². The Labute approximate surface area is 107 Å². The predicted octanol–water partition coefficient (Wildman–Crippen LogP) is 2.19. The van der Waals surface area contributed by atoms with E-state index in [4.69, 9.17) is 15.6 Å². The third kappa shape index (κ3) is 3.63. The van der Waals surface area contributed by atoms with Gasteiger partial charge in [-0.3, -0.25) is 0 Å². The van der Waals surface area contributed by atoms with Crippen LogP contribution in [0.4, 0.5) is 11.4 Å². The summed E-state index contributed by atoms with van der Waals surface area (Å²) in [6.07, 6.45) is 0. The lowest BCUT2D eigenvalue weighted by atomic mass is 10.1. The van der Waals surface area contributed by atoms with Gasteiger partial charge in [-0.25, -0.2) is 4.79 Å². The molecule has 0 fully saturated rings. The van der Waals surface area contributed by atoms with Crippen LogP contribution in [0.15, 0.2) is 18.2 Å². The number of benzene rings is 1. The van der Waals surface area contributed by atoms with Crippen LogP contribution in [0.3, 0.4) is 0 Å². The molecule has 0 aromatic heterocycles. The largest absolute Gasteiger partial charge is 0.478 e. The average molecular weight is 252 g/mol. The van der Waals surface area contributed by atoms with Crippen molar-refractivity contribution in [1.82, 2.24) is 0 Å². The number of hydrogen-bond donors (Lipinski definition) is 3. The molecule has 0 heterocycles. The van der Waals surface area contributed by atoms with E-state index >= 15 is 0 Å². The molecule has 0 aliphatic rings. The fourth-order valence-corrected chi connectivity index (χ4v) is 1.66. The number of hydrogen-bond acceptors (Lipinski definition) is 4. The highest BCUT2D eigenvalue weighted by Crippen LogP contribution is 2.23. The first kappa shape index (κ1) is 14.3. The summed E-state index contributed by atoms with van der Waals surface area (Å²) in [5.41, 5.74) is 6.44. The van der Waals surface area contributed by atoms with Crippen molar-refractivity contribution in [2.75, 3.05) is 24.2 Å². The Hall–Kier alpha value is -1.75. The maximum absolute atomic E-state index is 10.9. The molecular weight excluding hydrogens is 232 g/mol. The van der Waals surface area contributed by atoms with E-state index in [9.17, 15) is 4.79 Å². The fraction of sp³-hybridized carbons (Fsp3) is 0.462. The summed E-state index contributed by atoms with van der Waals surface area (Å²) in [5.74, 6) is -1.03. The summed E-state index contributed by atoms with van der Waals surface area (Å²) >= 11 is 0. The van der Waals surface area contributed by atoms with Crippen molar-refractivity contribution in [2.24, 2.45) is 0 Å². The zero-order valence-electron chi connectivity index (χ0n) is 11.0. The number of nitrogens with two attached hydrogens (primary N) is 1. The minimum Gasteiger partial charge on any atom is -0.478 e. The Morgan fingerprint density at radius 1 is 1.50 bits per heavy atom. The molecule has 0 aliphatic carbocycles. The van der Waals surface area contributed by atoms with Crippen LogP contribution in [0, 0.1) is 0 Å². The SMILES string of the molecule is CCOC(C)(C)CNc1cccc(C(=O)O)c1N. The van der Waals surface area contributed by atoms with Crippen molar-refractivity contribution in [3.63, 3.8) is 0 Å². The second kappa shape index (κ2) is 5.73. The van der Waals surface area contributed by atoms with Crippen molar-refractivity contribution >= 4 is 17.3 Å². The number of rotatable bonds is 6. The maximum Gasteiger partial charge on any atom is 0.337 e. The van der Waals surface area contributed by atoms with Crippen LogP contribution in [0.2, 0.25) is 0 Å². The first-order chi connectivity index (χ1) is 8.37. The first-order valence-electron chi connectivity index (χ1n) is 5.87. The molecule has 0 atom stereocenters. The Morgan fingerprint density at radius 2 is 2.17 bits per heavy atom. The molecule has 0 bridgehead atoms. The van der Waals surface area contributed by atoms with Crippen molar-refractivity contribution in [3.8, 4) is 0 Å². The van der Waals surface area contributed by atoms with Gasteiger partial charge in [0.05, 0.1) is 22.5 Å². The van der Waals surface area contributed by atoms with Gasteiger partial charge in [0.25, 0.3) is 0 Å². The quantitative estimate of drug-likeness (QED) is 0.676. The maximum atomic E-state index is 10.9. The normalized spacial score (nSPS) is 11.3. The summed E-state index contributed by atoms with van der Waals surface area (Å²) < 4.78 is 5.55. The number of nitrogens with one attached hydrogen (secondary N) is 1. The third-order valence-corrected chi connectivity index (χ3v) is 2.58. The molecule has 18 heavy (non-hydrogen) atoms. The number of ether oxygens (including phenoxy) is 1. The van der Waals surface area contributed by atoms with E-state index in [-0.39, 0.29) is 16.9 Å². The summed E-state index contributed by atoms with van der Waals surface area (Å²) in [6.45, 7) is 7.02. The zero-order valence-corrected chi connectivity index (χ0v) is 11.0. The number of aromatic carboxylic acids is 1. The van der Waals surface area contributed by atoms with Gasteiger partial charge in [-0.1, -0.05) is 6.07 Å². The molecule has 5 nitrogen and oxygen atoms in total. The molecule has 1 aromatic rings. The molecule has 0 unspecified atom stereocenters. The molecule has 5 heteroatoms. The van der Waals surface area contributed by atoms with E-state index in [2.05, 4.69) is 5.32 Å². The van der Waals surface area contributed by atoms with E-state index in [0.29, 0.717) is 18.8 Å². The highest BCUT2D eigenvalue weighted by Gasteiger charge is 2.18. The smallest absolute Gasteiger partial charge is 0.337 e. The van der Waals surface area contributed by atoms with Gasteiger partial charge >= 0.3 is 5.97 Å². The fourth-order valence-electron chi connectivity index (χ4n) is 1.66. The van der Waals surface area contributed by atoms with E-state index in [1.807, 2.05) is 20.8 Å². The highest BCUT2D eigenvalue weighted by atomic mass is 16.5. The van der Waals surface area contributed by atoms with Crippen LogP contribution in [0.25, 0.3) is 0 Å². The summed E-state index contributed by atoms with van der Waals surface area (Å²) in [4.78, 5) is 10.9. The van der Waals surface area contributed by atoms with Gasteiger partial charge in [-0.2, -0.15) is 0 Å². The molecule has 0 radical (unpaired) electrons. The number of carbonyl (C=O) groups is 1. The number of anilines is 2. The molecule has 100 valence electrons. The van der Waals surface area contributed by atoms with Crippen molar-refractivity contribution in [2.45, 2.75) is 26.4 Å². The number of nitrogen functional groups attached to an aromatic ring is 1. The Kier molecular flexibility index (Phi) is 4.55. The highest BCUT2D eigenvalue weighted by molar-refractivity contribution is 5.97. The number of para-hydroxylation sites is 1. The molecule has 1 rings (SSSR count).